The fraction of sp³-hybridized carbons (Fsp3) is 0.227. The highest BCUT2D eigenvalue weighted by Gasteiger charge is 2.38. The average Bonchev–Trinajstić information content (AvgIpc) is 3.32. The molecule has 4 rings (SSSR count). The van der Waals surface area contributed by atoms with Crippen LogP contribution < -0.4 is 10.2 Å². The van der Waals surface area contributed by atoms with Crippen LogP contribution in [0.4, 0.5) is 29.5 Å². The SMILES string of the molecule is CCOC(=O)c1cc2n(n1)CC(c1ccccc1)N2C(=O)Nc1cccc(C(F)(F)F)c1. The summed E-state index contributed by atoms with van der Waals surface area (Å²) in [7, 11) is 0. The minimum atomic E-state index is -4.53. The van der Waals surface area contributed by atoms with E-state index in [2.05, 4.69) is 10.4 Å². The molecule has 1 atom stereocenters. The first-order valence-electron chi connectivity index (χ1n) is 9.85. The number of esters is 1. The van der Waals surface area contributed by atoms with Gasteiger partial charge in [-0.25, -0.2) is 14.3 Å². The molecular formula is C22H19F3N4O3. The highest BCUT2D eigenvalue weighted by molar-refractivity contribution is 6.03. The molecule has 3 aromatic rings. The molecule has 0 saturated heterocycles. The number of ether oxygens (including phenoxy) is 1. The number of hydrogen-bond acceptors (Lipinski definition) is 4. The Hall–Kier alpha value is -3.82. The quantitative estimate of drug-likeness (QED) is 0.583. The molecule has 1 N–H and O–H groups in total. The molecule has 0 radical (unpaired) electrons. The summed E-state index contributed by atoms with van der Waals surface area (Å²) in [6, 6.07) is 13.9. The van der Waals surface area contributed by atoms with Crippen molar-refractivity contribution in [3.05, 3.63) is 77.5 Å². The zero-order valence-corrected chi connectivity index (χ0v) is 17.0. The van der Waals surface area contributed by atoms with Crippen molar-refractivity contribution in [3.8, 4) is 0 Å². The molecule has 10 heteroatoms. The molecule has 0 aliphatic carbocycles. The highest BCUT2D eigenvalue weighted by Crippen LogP contribution is 2.37. The number of nitrogens with one attached hydrogen (secondary N) is 1. The lowest BCUT2D eigenvalue weighted by Gasteiger charge is -2.24. The first kappa shape index (κ1) is 21.4. The van der Waals surface area contributed by atoms with Gasteiger partial charge in [0, 0.05) is 11.8 Å². The second-order valence-electron chi connectivity index (χ2n) is 7.10. The first-order chi connectivity index (χ1) is 15.3. The largest absolute Gasteiger partial charge is 0.461 e. The number of anilines is 2. The zero-order chi connectivity index (χ0) is 22.9. The van der Waals surface area contributed by atoms with Crippen LogP contribution in [0.1, 0.15) is 34.6 Å². The Kier molecular flexibility index (Phi) is 5.60. The van der Waals surface area contributed by atoms with Gasteiger partial charge in [-0.05, 0) is 30.7 Å². The van der Waals surface area contributed by atoms with Gasteiger partial charge in [0.15, 0.2) is 5.69 Å². The number of alkyl halides is 3. The van der Waals surface area contributed by atoms with E-state index in [-0.39, 0.29) is 24.5 Å². The Balaban J connectivity index is 1.67. The summed E-state index contributed by atoms with van der Waals surface area (Å²) in [5.41, 5.74) is -0.00806. The van der Waals surface area contributed by atoms with E-state index in [4.69, 9.17) is 4.74 Å². The summed E-state index contributed by atoms with van der Waals surface area (Å²) in [6.45, 7) is 2.12. The van der Waals surface area contributed by atoms with Crippen molar-refractivity contribution in [2.75, 3.05) is 16.8 Å². The van der Waals surface area contributed by atoms with Gasteiger partial charge in [0.05, 0.1) is 24.8 Å². The molecule has 1 aliphatic heterocycles. The number of carbonyl (C=O) groups excluding carboxylic acids is 2. The third kappa shape index (κ3) is 4.16. The number of halogens is 3. The maximum atomic E-state index is 13.2. The third-order valence-corrected chi connectivity index (χ3v) is 4.99. The molecular weight excluding hydrogens is 425 g/mol. The van der Waals surface area contributed by atoms with Gasteiger partial charge in [-0.2, -0.15) is 18.3 Å². The van der Waals surface area contributed by atoms with Gasteiger partial charge >= 0.3 is 18.2 Å². The van der Waals surface area contributed by atoms with Gasteiger partial charge in [-0.1, -0.05) is 36.4 Å². The molecule has 2 amide bonds. The lowest BCUT2D eigenvalue weighted by Crippen LogP contribution is -2.36. The molecule has 0 bridgehead atoms. The second kappa shape index (κ2) is 8.37. The molecule has 166 valence electrons. The minimum Gasteiger partial charge on any atom is -0.461 e. The van der Waals surface area contributed by atoms with Crippen molar-refractivity contribution in [2.24, 2.45) is 0 Å². The predicted molar refractivity (Wildman–Crippen MR) is 110 cm³/mol. The van der Waals surface area contributed by atoms with Gasteiger partial charge in [0.25, 0.3) is 0 Å². The Morgan fingerprint density at radius 2 is 1.88 bits per heavy atom. The van der Waals surface area contributed by atoms with Gasteiger partial charge in [-0.15, -0.1) is 0 Å². The standard InChI is InChI=1S/C22H19F3N4O3/c1-2-32-20(30)17-12-19-28(27-17)13-18(14-7-4-3-5-8-14)29(19)21(31)26-16-10-6-9-15(11-16)22(23,24)25/h3-12,18H,2,13H2,1H3,(H,26,31). The Bertz CT molecular complexity index is 1140. The molecule has 1 aromatic heterocycles. The fourth-order valence-electron chi connectivity index (χ4n) is 3.58. The number of urea groups is 1. The summed E-state index contributed by atoms with van der Waals surface area (Å²) in [5, 5.41) is 6.77. The number of carbonyl (C=O) groups is 2. The van der Waals surface area contributed by atoms with Gasteiger partial charge in [0.1, 0.15) is 5.82 Å². The van der Waals surface area contributed by atoms with Gasteiger partial charge < -0.3 is 10.1 Å². The van der Waals surface area contributed by atoms with Crippen molar-refractivity contribution in [2.45, 2.75) is 25.7 Å². The van der Waals surface area contributed by atoms with E-state index in [0.717, 1.165) is 17.7 Å². The number of fused-ring (bicyclic) bond motifs is 1. The van der Waals surface area contributed by atoms with Crippen LogP contribution in [0, 0.1) is 0 Å². The molecule has 0 spiro atoms. The zero-order valence-electron chi connectivity index (χ0n) is 17.0. The molecule has 1 aliphatic rings. The van der Waals surface area contributed by atoms with Crippen molar-refractivity contribution >= 4 is 23.5 Å². The Morgan fingerprint density at radius 1 is 1.12 bits per heavy atom. The van der Waals surface area contributed by atoms with Gasteiger partial charge in [0.2, 0.25) is 0 Å². The predicted octanol–water partition coefficient (Wildman–Crippen LogP) is 4.87. The maximum Gasteiger partial charge on any atom is 0.416 e. The summed E-state index contributed by atoms with van der Waals surface area (Å²) in [5.74, 6) is -0.282. The van der Waals surface area contributed by atoms with Crippen LogP contribution in [0.15, 0.2) is 60.7 Å². The van der Waals surface area contributed by atoms with Crippen molar-refractivity contribution < 1.29 is 27.5 Å². The summed E-state index contributed by atoms with van der Waals surface area (Å²) in [6.07, 6.45) is -4.53. The van der Waals surface area contributed by atoms with Gasteiger partial charge in [-0.3, -0.25) is 4.90 Å². The molecule has 0 saturated carbocycles. The van der Waals surface area contributed by atoms with Crippen LogP contribution in [-0.4, -0.2) is 28.4 Å². The third-order valence-electron chi connectivity index (χ3n) is 4.99. The number of hydrogen-bond donors (Lipinski definition) is 1. The monoisotopic (exact) mass is 444 g/mol. The average molecular weight is 444 g/mol. The second-order valence-corrected chi connectivity index (χ2v) is 7.10. The fourth-order valence-corrected chi connectivity index (χ4v) is 3.58. The van der Waals surface area contributed by atoms with Crippen molar-refractivity contribution in [3.63, 3.8) is 0 Å². The van der Waals surface area contributed by atoms with Crippen molar-refractivity contribution in [1.82, 2.24) is 9.78 Å². The lowest BCUT2D eigenvalue weighted by molar-refractivity contribution is -0.137. The van der Waals surface area contributed by atoms with E-state index in [0.29, 0.717) is 5.82 Å². The Morgan fingerprint density at radius 3 is 2.56 bits per heavy atom. The molecule has 7 nitrogen and oxygen atoms in total. The number of rotatable bonds is 4. The van der Waals surface area contributed by atoms with E-state index in [1.165, 1.54) is 27.8 Å². The molecule has 2 heterocycles. The van der Waals surface area contributed by atoms with Crippen LogP contribution in [0.2, 0.25) is 0 Å². The Labute approximate surface area is 181 Å². The summed E-state index contributed by atoms with van der Waals surface area (Å²) < 4.78 is 45.6. The minimum absolute atomic E-state index is 0.000202. The summed E-state index contributed by atoms with van der Waals surface area (Å²) >= 11 is 0. The first-order valence-corrected chi connectivity index (χ1v) is 9.85. The lowest BCUT2D eigenvalue weighted by atomic mass is 10.1. The molecule has 0 fully saturated rings. The molecule has 2 aromatic carbocycles. The topological polar surface area (TPSA) is 76.5 Å². The van der Waals surface area contributed by atoms with E-state index in [1.54, 1.807) is 6.92 Å². The summed E-state index contributed by atoms with van der Waals surface area (Å²) in [4.78, 5) is 26.7. The number of amides is 2. The van der Waals surface area contributed by atoms with Crippen molar-refractivity contribution in [1.29, 1.82) is 0 Å². The number of aromatic nitrogens is 2. The van der Waals surface area contributed by atoms with Crippen LogP contribution in [-0.2, 0) is 17.5 Å². The number of benzene rings is 2. The van der Waals surface area contributed by atoms with E-state index in [9.17, 15) is 22.8 Å². The van der Waals surface area contributed by atoms with Crippen LogP contribution in [0.3, 0.4) is 0 Å². The molecule has 32 heavy (non-hydrogen) atoms. The number of nitrogens with zero attached hydrogens (tertiary/aromatic N) is 3. The highest BCUT2D eigenvalue weighted by atomic mass is 19.4. The van der Waals surface area contributed by atoms with E-state index in [1.807, 2.05) is 30.3 Å². The normalized spacial score (nSPS) is 15.4. The van der Waals surface area contributed by atoms with E-state index >= 15 is 0 Å². The van der Waals surface area contributed by atoms with Crippen LogP contribution in [0.25, 0.3) is 0 Å². The van der Waals surface area contributed by atoms with Crippen LogP contribution in [0.5, 0.6) is 0 Å². The maximum absolute atomic E-state index is 13.2. The van der Waals surface area contributed by atoms with Crippen LogP contribution >= 0.6 is 0 Å². The molecule has 1 unspecified atom stereocenters. The smallest absolute Gasteiger partial charge is 0.416 e. The van der Waals surface area contributed by atoms with E-state index < -0.39 is 29.8 Å².